The number of nitrogens with zero attached hydrogens (tertiary/aromatic N) is 2. The highest BCUT2D eigenvalue weighted by molar-refractivity contribution is 5.94. The number of imidazole rings is 1. The largest absolute Gasteiger partial charge is 0.306 e. The van der Waals surface area contributed by atoms with Crippen molar-refractivity contribution in [1.82, 2.24) is 9.38 Å². The van der Waals surface area contributed by atoms with E-state index in [1.165, 1.54) is 0 Å². The SMILES string of the molecule is CC(=O)c1ccn2cncc2c1. The number of carbonyl (C=O) groups is 1. The average Bonchev–Trinajstić information content (AvgIpc) is 2.49. The third-order valence-electron chi connectivity index (χ3n) is 1.82. The Morgan fingerprint density at radius 3 is 3.17 bits per heavy atom. The Morgan fingerprint density at radius 1 is 1.58 bits per heavy atom. The monoisotopic (exact) mass is 160 g/mol. The lowest BCUT2D eigenvalue weighted by Gasteiger charge is -1.95. The van der Waals surface area contributed by atoms with Gasteiger partial charge in [-0.1, -0.05) is 0 Å². The van der Waals surface area contributed by atoms with Gasteiger partial charge in [0.1, 0.15) is 0 Å². The van der Waals surface area contributed by atoms with Gasteiger partial charge < -0.3 is 4.40 Å². The van der Waals surface area contributed by atoms with Gasteiger partial charge in [0.2, 0.25) is 0 Å². The Kier molecular flexibility index (Phi) is 1.43. The summed E-state index contributed by atoms with van der Waals surface area (Å²) in [6.07, 6.45) is 5.27. The predicted molar refractivity (Wildman–Crippen MR) is 45.2 cm³/mol. The first-order valence-electron chi connectivity index (χ1n) is 3.70. The van der Waals surface area contributed by atoms with Gasteiger partial charge in [-0.05, 0) is 19.1 Å². The summed E-state index contributed by atoms with van der Waals surface area (Å²) in [6.45, 7) is 1.56. The Morgan fingerprint density at radius 2 is 2.42 bits per heavy atom. The molecule has 0 aliphatic heterocycles. The molecule has 0 spiro atoms. The summed E-state index contributed by atoms with van der Waals surface area (Å²) < 4.78 is 1.87. The molecule has 2 aromatic rings. The molecule has 0 amide bonds. The molecular weight excluding hydrogens is 152 g/mol. The predicted octanol–water partition coefficient (Wildman–Crippen LogP) is 1.54. The van der Waals surface area contributed by atoms with E-state index in [4.69, 9.17) is 0 Å². The van der Waals surface area contributed by atoms with Gasteiger partial charge in [0.25, 0.3) is 0 Å². The number of rotatable bonds is 1. The van der Waals surface area contributed by atoms with Gasteiger partial charge in [0, 0.05) is 11.8 Å². The zero-order valence-electron chi connectivity index (χ0n) is 6.69. The van der Waals surface area contributed by atoms with E-state index >= 15 is 0 Å². The van der Waals surface area contributed by atoms with Gasteiger partial charge in [0.05, 0.1) is 18.0 Å². The van der Waals surface area contributed by atoms with Crippen LogP contribution < -0.4 is 0 Å². The Hall–Kier alpha value is -1.64. The summed E-state index contributed by atoms with van der Waals surface area (Å²) in [4.78, 5) is 14.9. The van der Waals surface area contributed by atoms with Crippen LogP contribution in [0.15, 0.2) is 30.9 Å². The molecule has 2 aromatic heterocycles. The lowest BCUT2D eigenvalue weighted by molar-refractivity contribution is 0.101. The molecule has 0 aliphatic carbocycles. The smallest absolute Gasteiger partial charge is 0.159 e. The minimum Gasteiger partial charge on any atom is -0.306 e. The maximum absolute atomic E-state index is 11.0. The fourth-order valence-corrected chi connectivity index (χ4v) is 1.14. The van der Waals surface area contributed by atoms with E-state index in [1.807, 2.05) is 16.7 Å². The van der Waals surface area contributed by atoms with Crippen LogP contribution in [-0.2, 0) is 0 Å². The number of carbonyl (C=O) groups excluding carboxylic acids is 1. The molecule has 0 aromatic carbocycles. The van der Waals surface area contributed by atoms with Crippen LogP contribution >= 0.6 is 0 Å². The van der Waals surface area contributed by atoms with Crippen LogP contribution in [0.3, 0.4) is 0 Å². The molecule has 3 heteroatoms. The van der Waals surface area contributed by atoms with Crippen molar-refractivity contribution in [3.63, 3.8) is 0 Å². The van der Waals surface area contributed by atoms with Gasteiger partial charge in [0.15, 0.2) is 5.78 Å². The first kappa shape index (κ1) is 7.03. The zero-order chi connectivity index (χ0) is 8.55. The van der Waals surface area contributed by atoms with Gasteiger partial charge in [-0.25, -0.2) is 4.98 Å². The van der Waals surface area contributed by atoms with E-state index in [-0.39, 0.29) is 5.78 Å². The number of Topliss-reactive ketones (excluding diaryl/α,β-unsaturated/α-hetero) is 1. The fourth-order valence-electron chi connectivity index (χ4n) is 1.14. The second kappa shape index (κ2) is 2.44. The Labute approximate surface area is 69.7 Å². The number of hydrogen-bond acceptors (Lipinski definition) is 2. The zero-order valence-corrected chi connectivity index (χ0v) is 6.69. The van der Waals surface area contributed by atoms with E-state index in [9.17, 15) is 4.79 Å². The normalized spacial score (nSPS) is 10.4. The number of pyridine rings is 1. The van der Waals surface area contributed by atoms with Gasteiger partial charge >= 0.3 is 0 Å². The topological polar surface area (TPSA) is 34.4 Å². The van der Waals surface area contributed by atoms with E-state index in [2.05, 4.69) is 4.98 Å². The van der Waals surface area contributed by atoms with Crippen molar-refractivity contribution >= 4 is 11.3 Å². The molecule has 0 atom stereocenters. The Balaban J connectivity index is 2.68. The molecule has 0 bridgehead atoms. The molecule has 2 heterocycles. The van der Waals surface area contributed by atoms with Crippen LogP contribution in [0.5, 0.6) is 0 Å². The molecule has 0 saturated heterocycles. The van der Waals surface area contributed by atoms with Crippen molar-refractivity contribution in [2.75, 3.05) is 0 Å². The Bertz CT molecular complexity index is 431. The van der Waals surface area contributed by atoms with Gasteiger partial charge in [-0.3, -0.25) is 4.79 Å². The highest BCUT2D eigenvalue weighted by atomic mass is 16.1. The average molecular weight is 160 g/mol. The molecule has 12 heavy (non-hydrogen) atoms. The number of fused-ring (bicyclic) bond motifs is 1. The minimum atomic E-state index is 0.0821. The number of ketones is 1. The molecule has 3 nitrogen and oxygen atoms in total. The van der Waals surface area contributed by atoms with Crippen LogP contribution in [0.2, 0.25) is 0 Å². The molecule has 60 valence electrons. The molecular formula is C9H8N2O. The van der Waals surface area contributed by atoms with E-state index < -0.39 is 0 Å². The van der Waals surface area contributed by atoms with E-state index in [0.29, 0.717) is 0 Å². The molecule has 0 N–H and O–H groups in total. The quantitative estimate of drug-likeness (QED) is 0.593. The summed E-state index contributed by atoms with van der Waals surface area (Å²) in [5.74, 6) is 0.0821. The third kappa shape index (κ3) is 0.993. The van der Waals surface area contributed by atoms with Crippen molar-refractivity contribution < 1.29 is 4.79 Å². The highest BCUT2D eigenvalue weighted by Crippen LogP contribution is 2.06. The maximum atomic E-state index is 11.0. The van der Waals surface area contributed by atoms with Gasteiger partial charge in [-0.15, -0.1) is 0 Å². The fraction of sp³-hybridized carbons (Fsp3) is 0.111. The lowest BCUT2D eigenvalue weighted by Crippen LogP contribution is -1.92. The van der Waals surface area contributed by atoms with Crippen molar-refractivity contribution in [1.29, 1.82) is 0 Å². The second-order valence-corrected chi connectivity index (χ2v) is 2.70. The molecule has 2 rings (SSSR count). The highest BCUT2D eigenvalue weighted by Gasteiger charge is 1.99. The minimum absolute atomic E-state index is 0.0821. The van der Waals surface area contributed by atoms with Crippen molar-refractivity contribution in [3.05, 3.63) is 36.4 Å². The second-order valence-electron chi connectivity index (χ2n) is 2.70. The maximum Gasteiger partial charge on any atom is 0.159 e. The number of hydrogen-bond donors (Lipinski definition) is 0. The first-order chi connectivity index (χ1) is 5.77. The van der Waals surface area contributed by atoms with Crippen LogP contribution in [0.25, 0.3) is 5.52 Å². The van der Waals surface area contributed by atoms with Crippen LogP contribution in [0.1, 0.15) is 17.3 Å². The summed E-state index contributed by atoms with van der Waals surface area (Å²) in [5.41, 5.74) is 1.67. The first-order valence-corrected chi connectivity index (χ1v) is 3.70. The standard InChI is InChI=1S/C9H8N2O/c1-7(12)8-2-3-11-6-10-5-9(11)4-8/h2-6H,1H3. The van der Waals surface area contributed by atoms with Crippen LogP contribution in [0, 0.1) is 0 Å². The van der Waals surface area contributed by atoms with E-state index in [0.717, 1.165) is 11.1 Å². The number of aromatic nitrogens is 2. The summed E-state index contributed by atoms with van der Waals surface area (Å²) in [5, 5.41) is 0. The summed E-state index contributed by atoms with van der Waals surface area (Å²) in [6, 6.07) is 3.62. The lowest BCUT2D eigenvalue weighted by atomic mass is 10.2. The van der Waals surface area contributed by atoms with Crippen LogP contribution in [0.4, 0.5) is 0 Å². The van der Waals surface area contributed by atoms with Crippen molar-refractivity contribution in [2.45, 2.75) is 6.92 Å². The molecule has 0 aliphatic rings. The molecule has 0 radical (unpaired) electrons. The van der Waals surface area contributed by atoms with Gasteiger partial charge in [-0.2, -0.15) is 0 Å². The van der Waals surface area contributed by atoms with Crippen molar-refractivity contribution in [3.8, 4) is 0 Å². The molecule has 0 unspecified atom stereocenters. The van der Waals surface area contributed by atoms with E-state index in [1.54, 1.807) is 25.5 Å². The molecule has 0 saturated carbocycles. The summed E-state index contributed by atoms with van der Waals surface area (Å²) in [7, 11) is 0. The summed E-state index contributed by atoms with van der Waals surface area (Å²) >= 11 is 0. The molecule has 0 fully saturated rings. The van der Waals surface area contributed by atoms with Crippen LogP contribution in [-0.4, -0.2) is 15.2 Å². The third-order valence-corrected chi connectivity index (χ3v) is 1.82. The van der Waals surface area contributed by atoms with Crippen molar-refractivity contribution in [2.24, 2.45) is 0 Å².